The van der Waals surface area contributed by atoms with Crippen LogP contribution in [0.3, 0.4) is 0 Å². The molecule has 0 aliphatic carbocycles. The highest BCUT2D eigenvalue weighted by molar-refractivity contribution is 6.23. The number of nitro benzene ring substituents is 1. The number of nitrogens with zero attached hydrogens (tertiary/aromatic N) is 3. The molecule has 3 heterocycles. The van der Waals surface area contributed by atoms with Crippen LogP contribution < -0.4 is 9.64 Å². The van der Waals surface area contributed by atoms with Crippen LogP contribution in [0.1, 0.15) is 18.2 Å². The lowest BCUT2D eigenvalue weighted by atomic mass is 9.87. The van der Waals surface area contributed by atoms with E-state index in [4.69, 9.17) is 4.74 Å². The Morgan fingerprint density at radius 3 is 2.57 bits per heavy atom. The van der Waals surface area contributed by atoms with Gasteiger partial charge in [-0.25, -0.2) is 9.69 Å². The molecule has 0 spiro atoms. The Bertz CT molecular complexity index is 1230. The van der Waals surface area contributed by atoms with E-state index in [9.17, 15) is 19.7 Å². The van der Waals surface area contributed by atoms with Gasteiger partial charge in [0.15, 0.2) is 5.54 Å². The number of fused-ring (bicyclic) bond motifs is 5. The fourth-order valence-corrected chi connectivity index (χ4v) is 4.50. The van der Waals surface area contributed by atoms with Gasteiger partial charge in [-0.1, -0.05) is 0 Å². The molecule has 2 aliphatic rings. The van der Waals surface area contributed by atoms with Crippen molar-refractivity contribution in [3.8, 4) is 5.75 Å². The minimum atomic E-state index is -1.18. The van der Waals surface area contributed by atoms with Gasteiger partial charge in [-0.2, -0.15) is 0 Å². The molecule has 3 aromatic rings. The number of ether oxygens (including phenoxy) is 1. The Kier molecular flexibility index (Phi) is 3.67. The van der Waals surface area contributed by atoms with Crippen LogP contribution in [-0.4, -0.2) is 40.4 Å². The van der Waals surface area contributed by atoms with Crippen LogP contribution in [0.2, 0.25) is 0 Å². The molecule has 0 bridgehead atoms. The van der Waals surface area contributed by atoms with Crippen LogP contribution in [0.4, 0.5) is 16.2 Å². The Balaban J connectivity index is 1.62. The second-order valence-electron chi connectivity index (χ2n) is 7.56. The number of hydrogen-bond acceptors (Lipinski definition) is 5. The zero-order valence-corrected chi connectivity index (χ0v) is 16.3. The molecule has 9 nitrogen and oxygen atoms in total. The molecule has 0 radical (unpaired) electrons. The summed E-state index contributed by atoms with van der Waals surface area (Å²) in [6, 6.07) is 10.7. The SMILES string of the molecule is COc1ccc2[nH]c3c(c2c1)CCN1C(=O)N(c2ccc([N+](=O)[O-])cc2)C(=O)[C@]31C. The number of benzene rings is 2. The highest BCUT2D eigenvalue weighted by Crippen LogP contribution is 2.45. The number of methoxy groups -OCH3 is 1. The third kappa shape index (κ3) is 2.23. The van der Waals surface area contributed by atoms with Gasteiger partial charge in [-0.15, -0.1) is 0 Å². The van der Waals surface area contributed by atoms with Crippen LogP contribution in [-0.2, 0) is 16.8 Å². The van der Waals surface area contributed by atoms with Crippen LogP contribution in [0.5, 0.6) is 5.75 Å². The molecule has 1 aromatic heterocycles. The minimum absolute atomic E-state index is 0.103. The summed E-state index contributed by atoms with van der Waals surface area (Å²) in [5, 5.41) is 11.9. The number of anilines is 1. The number of aromatic nitrogens is 1. The molecule has 1 saturated heterocycles. The molecule has 152 valence electrons. The average Bonchev–Trinajstić information content (AvgIpc) is 3.21. The van der Waals surface area contributed by atoms with Crippen molar-refractivity contribution in [2.24, 2.45) is 0 Å². The monoisotopic (exact) mass is 406 g/mol. The number of H-pyrrole nitrogens is 1. The van der Waals surface area contributed by atoms with E-state index < -0.39 is 16.5 Å². The fraction of sp³-hybridized carbons (Fsp3) is 0.238. The van der Waals surface area contributed by atoms with Crippen LogP contribution >= 0.6 is 0 Å². The maximum Gasteiger partial charge on any atom is 0.332 e. The lowest BCUT2D eigenvalue weighted by Gasteiger charge is -2.35. The number of nitro groups is 1. The smallest absolute Gasteiger partial charge is 0.332 e. The molecule has 5 rings (SSSR count). The molecule has 0 saturated carbocycles. The molecule has 1 atom stereocenters. The van der Waals surface area contributed by atoms with Gasteiger partial charge in [0.1, 0.15) is 5.75 Å². The lowest BCUT2D eigenvalue weighted by molar-refractivity contribution is -0.384. The number of nitrogens with one attached hydrogen (secondary N) is 1. The predicted octanol–water partition coefficient (Wildman–Crippen LogP) is 3.32. The second-order valence-corrected chi connectivity index (χ2v) is 7.56. The summed E-state index contributed by atoms with van der Waals surface area (Å²) in [5.41, 5.74) is 1.59. The zero-order chi connectivity index (χ0) is 21.2. The van der Waals surface area contributed by atoms with Crippen LogP contribution in [0, 0.1) is 10.1 Å². The standard InChI is InChI=1S/C21H18N4O5/c1-21-18-15(16-11-14(30-2)7-8-17(16)22-18)9-10-23(21)20(27)24(19(21)26)12-3-5-13(6-4-12)25(28)29/h3-8,11,22H,9-10H2,1-2H3/t21-/m0/s1. The van der Waals surface area contributed by atoms with Crippen molar-refractivity contribution in [2.75, 3.05) is 18.6 Å². The highest BCUT2D eigenvalue weighted by Gasteiger charge is 2.59. The molecule has 3 amide bonds. The van der Waals surface area contributed by atoms with Gasteiger partial charge in [-0.05, 0) is 49.2 Å². The summed E-state index contributed by atoms with van der Waals surface area (Å²) in [6.45, 7) is 2.13. The summed E-state index contributed by atoms with van der Waals surface area (Å²) in [7, 11) is 1.60. The number of urea groups is 1. The minimum Gasteiger partial charge on any atom is -0.497 e. The largest absolute Gasteiger partial charge is 0.497 e. The van der Waals surface area contributed by atoms with Crippen LogP contribution in [0.15, 0.2) is 42.5 Å². The molecule has 2 aliphatic heterocycles. The molecule has 0 unspecified atom stereocenters. The van der Waals surface area contributed by atoms with E-state index in [0.717, 1.165) is 27.1 Å². The Morgan fingerprint density at radius 2 is 1.90 bits per heavy atom. The van der Waals surface area contributed by atoms with Crippen molar-refractivity contribution >= 4 is 34.2 Å². The summed E-state index contributed by atoms with van der Waals surface area (Å²) < 4.78 is 5.33. The van der Waals surface area contributed by atoms with Crippen molar-refractivity contribution in [1.29, 1.82) is 0 Å². The number of hydrogen-bond donors (Lipinski definition) is 1. The number of non-ortho nitro benzene ring substituents is 1. The van der Waals surface area contributed by atoms with Gasteiger partial charge in [-0.3, -0.25) is 14.9 Å². The topological polar surface area (TPSA) is 109 Å². The maximum atomic E-state index is 13.5. The first-order valence-corrected chi connectivity index (χ1v) is 9.46. The zero-order valence-electron chi connectivity index (χ0n) is 16.3. The molecular formula is C21H18N4O5. The molecule has 30 heavy (non-hydrogen) atoms. The fourth-order valence-electron chi connectivity index (χ4n) is 4.50. The van der Waals surface area contributed by atoms with Crippen molar-refractivity contribution < 1.29 is 19.2 Å². The second kappa shape index (κ2) is 6.06. The predicted molar refractivity (Wildman–Crippen MR) is 109 cm³/mol. The number of aromatic amines is 1. The number of amides is 3. The van der Waals surface area contributed by atoms with Crippen molar-refractivity contribution in [1.82, 2.24) is 9.88 Å². The first kappa shape index (κ1) is 18.2. The number of carbonyl (C=O) groups excluding carboxylic acids is 2. The van der Waals surface area contributed by atoms with Gasteiger partial charge in [0.05, 0.1) is 23.4 Å². The summed E-state index contributed by atoms with van der Waals surface area (Å²) in [6.07, 6.45) is 0.602. The van der Waals surface area contributed by atoms with E-state index in [1.54, 1.807) is 18.9 Å². The van der Waals surface area contributed by atoms with E-state index in [-0.39, 0.29) is 11.6 Å². The van der Waals surface area contributed by atoms with E-state index >= 15 is 0 Å². The lowest BCUT2D eigenvalue weighted by Crippen LogP contribution is -2.49. The third-order valence-electron chi connectivity index (χ3n) is 6.09. The van der Waals surface area contributed by atoms with E-state index in [1.165, 1.54) is 24.3 Å². The van der Waals surface area contributed by atoms with Crippen molar-refractivity contribution in [3.05, 3.63) is 63.8 Å². The maximum absolute atomic E-state index is 13.5. The average molecular weight is 406 g/mol. The van der Waals surface area contributed by atoms with E-state index in [1.807, 2.05) is 18.2 Å². The Hall–Kier alpha value is -3.88. The van der Waals surface area contributed by atoms with Gasteiger partial charge in [0.25, 0.3) is 11.6 Å². The third-order valence-corrected chi connectivity index (χ3v) is 6.09. The summed E-state index contributed by atoms with van der Waals surface area (Å²) >= 11 is 0. The first-order chi connectivity index (χ1) is 14.4. The van der Waals surface area contributed by atoms with Gasteiger partial charge in [0, 0.05) is 29.6 Å². The Morgan fingerprint density at radius 1 is 1.17 bits per heavy atom. The molecule has 1 fully saturated rings. The van der Waals surface area contributed by atoms with Gasteiger partial charge in [0.2, 0.25) is 0 Å². The van der Waals surface area contributed by atoms with E-state index in [0.29, 0.717) is 24.3 Å². The van der Waals surface area contributed by atoms with Gasteiger partial charge < -0.3 is 14.6 Å². The number of imide groups is 1. The quantitative estimate of drug-likeness (QED) is 0.408. The highest BCUT2D eigenvalue weighted by atomic mass is 16.6. The number of carbonyl (C=O) groups is 2. The normalized spacial score (nSPS) is 20.5. The molecule has 2 aromatic carbocycles. The van der Waals surface area contributed by atoms with Crippen molar-refractivity contribution in [3.63, 3.8) is 0 Å². The van der Waals surface area contributed by atoms with Crippen LogP contribution in [0.25, 0.3) is 10.9 Å². The number of rotatable bonds is 3. The molecule has 1 N–H and O–H groups in total. The molecular weight excluding hydrogens is 388 g/mol. The molecule has 9 heteroatoms. The van der Waals surface area contributed by atoms with E-state index in [2.05, 4.69) is 4.98 Å². The summed E-state index contributed by atoms with van der Waals surface area (Å²) in [4.78, 5) is 43.1. The van der Waals surface area contributed by atoms with Crippen molar-refractivity contribution in [2.45, 2.75) is 18.9 Å². The first-order valence-electron chi connectivity index (χ1n) is 9.46. The summed E-state index contributed by atoms with van der Waals surface area (Å²) in [5.74, 6) is 0.332. The Labute approximate surface area is 171 Å². The van der Waals surface area contributed by atoms with Gasteiger partial charge >= 0.3 is 6.03 Å².